The van der Waals surface area contributed by atoms with Crippen LogP contribution >= 0.6 is 0 Å². The van der Waals surface area contributed by atoms with E-state index in [0.29, 0.717) is 11.5 Å². The highest BCUT2D eigenvalue weighted by atomic mass is 16.2. The van der Waals surface area contributed by atoms with Crippen molar-refractivity contribution in [3.63, 3.8) is 0 Å². The largest absolute Gasteiger partial charge is 0.321 e. The number of aryl methyl sites for hydroxylation is 2. The smallest absolute Gasteiger partial charge is 0.246 e. The maximum absolute atomic E-state index is 12.6. The highest BCUT2D eigenvalue weighted by Gasteiger charge is 2.13. The van der Waals surface area contributed by atoms with Crippen molar-refractivity contribution in [3.8, 4) is 16.9 Å². The van der Waals surface area contributed by atoms with Crippen molar-refractivity contribution >= 4 is 11.6 Å². The van der Waals surface area contributed by atoms with Gasteiger partial charge in [0.25, 0.3) is 0 Å². The number of imidazole rings is 1. The molecule has 3 heterocycles. The lowest BCUT2D eigenvalue weighted by Gasteiger charge is -2.11. The lowest BCUT2D eigenvalue weighted by molar-refractivity contribution is -0.116. The highest BCUT2D eigenvalue weighted by Crippen LogP contribution is 2.22. The van der Waals surface area contributed by atoms with E-state index in [1.165, 1.54) is 0 Å². The van der Waals surface area contributed by atoms with Gasteiger partial charge in [-0.15, -0.1) is 0 Å². The molecule has 7 heteroatoms. The molecule has 0 fully saturated rings. The maximum Gasteiger partial charge on any atom is 0.246 e. The van der Waals surface area contributed by atoms with Gasteiger partial charge in [0.05, 0.1) is 11.4 Å². The van der Waals surface area contributed by atoms with Crippen LogP contribution in [-0.4, -0.2) is 30.2 Å². The first kappa shape index (κ1) is 17.7. The second-order valence-corrected chi connectivity index (χ2v) is 6.46. The van der Waals surface area contributed by atoms with Gasteiger partial charge < -0.3 is 5.32 Å². The van der Waals surface area contributed by atoms with Crippen LogP contribution in [0.15, 0.2) is 67.3 Å². The summed E-state index contributed by atoms with van der Waals surface area (Å²) in [6.45, 7) is 3.95. The Labute approximate surface area is 162 Å². The van der Waals surface area contributed by atoms with Crippen LogP contribution in [0.3, 0.4) is 0 Å². The van der Waals surface area contributed by atoms with Crippen molar-refractivity contribution < 1.29 is 4.79 Å². The van der Waals surface area contributed by atoms with Crippen LogP contribution in [0.5, 0.6) is 0 Å². The number of carbonyl (C=O) groups excluding carboxylic acids is 1. The van der Waals surface area contributed by atoms with Crippen molar-refractivity contribution in [3.05, 3.63) is 78.8 Å². The molecule has 0 saturated carbocycles. The van der Waals surface area contributed by atoms with Gasteiger partial charge >= 0.3 is 0 Å². The molecule has 0 atom stereocenters. The molecule has 7 nitrogen and oxygen atoms in total. The van der Waals surface area contributed by atoms with Crippen LogP contribution in [-0.2, 0) is 11.3 Å². The Morgan fingerprint density at radius 1 is 1.04 bits per heavy atom. The summed E-state index contributed by atoms with van der Waals surface area (Å²) in [5.41, 5.74) is 3.61. The molecule has 0 spiro atoms. The third kappa shape index (κ3) is 3.55. The van der Waals surface area contributed by atoms with Crippen LogP contribution < -0.4 is 5.32 Å². The van der Waals surface area contributed by atoms with E-state index in [2.05, 4.69) is 20.4 Å². The SMILES string of the molecule is Cc1nn(CC(=O)Nc2cccnc2-n2ccnc2C)cc1-c1ccccc1. The van der Waals surface area contributed by atoms with Gasteiger partial charge in [-0.3, -0.25) is 14.0 Å². The van der Waals surface area contributed by atoms with E-state index >= 15 is 0 Å². The number of amides is 1. The number of rotatable bonds is 5. The molecule has 0 aliphatic rings. The standard InChI is InChI=1S/C21H20N6O/c1-15-18(17-7-4-3-5-8-17)13-26(25-15)14-20(28)24-19-9-6-10-23-21(19)27-12-11-22-16(27)2/h3-13H,14H2,1-2H3,(H,24,28). The Kier molecular flexibility index (Phi) is 4.72. The molecular formula is C21H20N6O. The number of pyridine rings is 1. The fourth-order valence-electron chi connectivity index (χ4n) is 3.13. The van der Waals surface area contributed by atoms with Crippen molar-refractivity contribution in [1.82, 2.24) is 24.3 Å². The third-order valence-corrected chi connectivity index (χ3v) is 4.45. The molecule has 3 aromatic heterocycles. The van der Waals surface area contributed by atoms with Gasteiger partial charge in [0.2, 0.25) is 5.91 Å². The number of hydrogen-bond donors (Lipinski definition) is 1. The number of anilines is 1. The van der Waals surface area contributed by atoms with Crippen LogP contribution in [0.2, 0.25) is 0 Å². The summed E-state index contributed by atoms with van der Waals surface area (Å²) >= 11 is 0. The van der Waals surface area contributed by atoms with Gasteiger partial charge in [-0.25, -0.2) is 9.97 Å². The minimum atomic E-state index is -0.172. The summed E-state index contributed by atoms with van der Waals surface area (Å²) in [7, 11) is 0. The molecule has 4 rings (SSSR count). The first-order chi connectivity index (χ1) is 13.6. The van der Waals surface area contributed by atoms with Crippen LogP contribution in [0.1, 0.15) is 11.5 Å². The summed E-state index contributed by atoms with van der Waals surface area (Å²) in [4.78, 5) is 21.2. The van der Waals surface area contributed by atoms with E-state index in [0.717, 1.165) is 22.6 Å². The number of nitrogens with zero attached hydrogens (tertiary/aromatic N) is 5. The lowest BCUT2D eigenvalue weighted by Crippen LogP contribution is -2.20. The van der Waals surface area contributed by atoms with Gasteiger partial charge in [-0.2, -0.15) is 5.10 Å². The lowest BCUT2D eigenvalue weighted by atomic mass is 10.1. The number of benzene rings is 1. The molecule has 0 radical (unpaired) electrons. The molecule has 1 amide bonds. The molecule has 1 N–H and O–H groups in total. The topological polar surface area (TPSA) is 77.6 Å². The Morgan fingerprint density at radius 3 is 2.61 bits per heavy atom. The van der Waals surface area contributed by atoms with Crippen molar-refractivity contribution in [2.75, 3.05) is 5.32 Å². The molecule has 140 valence electrons. The molecule has 4 aromatic rings. The Balaban J connectivity index is 1.53. The highest BCUT2D eigenvalue weighted by molar-refractivity contribution is 5.92. The van der Waals surface area contributed by atoms with Gasteiger partial charge in [-0.1, -0.05) is 30.3 Å². The van der Waals surface area contributed by atoms with Crippen molar-refractivity contribution in [1.29, 1.82) is 0 Å². The monoisotopic (exact) mass is 372 g/mol. The number of carbonyl (C=O) groups is 1. The van der Waals surface area contributed by atoms with E-state index in [-0.39, 0.29) is 12.5 Å². The Hall–Kier alpha value is -3.74. The minimum absolute atomic E-state index is 0.116. The number of aromatic nitrogens is 5. The van der Waals surface area contributed by atoms with E-state index in [1.54, 1.807) is 23.1 Å². The van der Waals surface area contributed by atoms with Crippen LogP contribution in [0.25, 0.3) is 16.9 Å². The van der Waals surface area contributed by atoms with E-state index in [9.17, 15) is 4.79 Å². The van der Waals surface area contributed by atoms with E-state index < -0.39 is 0 Å². The van der Waals surface area contributed by atoms with Crippen LogP contribution in [0, 0.1) is 13.8 Å². The zero-order chi connectivity index (χ0) is 19.5. The third-order valence-electron chi connectivity index (χ3n) is 4.45. The number of nitrogens with one attached hydrogen (secondary N) is 1. The second-order valence-electron chi connectivity index (χ2n) is 6.46. The quantitative estimate of drug-likeness (QED) is 0.582. The molecule has 0 bridgehead atoms. The average Bonchev–Trinajstić information content (AvgIpc) is 3.28. The molecule has 1 aromatic carbocycles. The normalized spacial score (nSPS) is 10.8. The van der Waals surface area contributed by atoms with Gasteiger partial charge in [0.1, 0.15) is 12.4 Å². The summed E-state index contributed by atoms with van der Waals surface area (Å²) in [5, 5.41) is 7.41. The summed E-state index contributed by atoms with van der Waals surface area (Å²) in [5.74, 6) is 1.26. The predicted molar refractivity (Wildman–Crippen MR) is 107 cm³/mol. The zero-order valence-corrected chi connectivity index (χ0v) is 15.7. The second kappa shape index (κ2) is 7.48. The van der Waals surface area contributed by atoms with Gasteiger partial charge in [0.15, 0.2) is 5.82 Å². The first-order valence-electron chi connectivity index (χ1n) is 8.96. The minimum Gasteiger partial charge on any atom is -0.321 e. The molecule has 0 saturated heterocycles. The number of hydrogen-bond acceptors (Lipinski definition) is 4. The molecule has 0 aliphatic heterocycles. The Bertz CT molecular complexity index is 1110. The summed E-state index contributed by atoms with van der Waals surface area (Å²) in [6.07, 6.45) is 7.10. The van der Waals surface area contributed by atoms with Crippen molar-refractivity contribution in [2.24, 2.45) is 0 Å². The molecule has 0 unspecified atom stereocenters. The average molecular weight is 372 g/mol. The van der Waals surface area contributed by atoms with Gasteiger partial charge in [-0.05, 0) is 31.5 Å². The van der Waals surface area contributed by atoms with Crippen molar-refractivity contribution in [2.45, 2.75) is 20.4 Å². The predicted octanol–water partition coefficient (Wildman–Crippen LogP) is 3.39. The van der Waals surface area contributed by atoms with E-state index in [1.807, 2.05) is 67.2 Å². The van der Waals surface area contributed by atoms with Crippen LogP contribution in [0.4, 0.5) is 5.69 Å². The fourth-order valence-corrected chi connectivity index (χ4v) is 3.13. The fraction of sp³-hybridized carbons (Fsp3) is 0.143. The zero-order valence-electron chi connectivity index (χ0n) is 15.7. The van der Waals surface area contributed by atoms with Gasteiger partial charge in [0, 0.05) is 30.4 Å². The summed E-state index contributed by atoms with van der Waals surface area (Å²) < 4.78 is 3.49. The van der Waals surface area contributed by atoms with E-state index in [4.69, 9.17) is 0 Å². The molecule has 0 aliphatic carbocycles. The summed E-state index contributed by atoms with van der Waals surface area (Å²) in [6, 6.07) is 13.6. The Morgan fingerprint density at radius 2 is 1.86 bits per heavy atom. The maximum atomic E-state index is 12.6. The molecule has 28 heavy (non-hydrogen) atoms. The molecular weight excluding hydrogens is 352 g/mol. The first-order valence-corrected chi connectivity index (χ1v) is 8.96.